The monoisotopic (exact) mass is 272 g/mol. The van der Waals surface area contributed by atoms with Gasteiger partial charge in [-0.05, 0) is 36.1 Å². The molecule has 0 aromatic heterocycles. The molecule has 0 fully saturated rings. The molecule has 0 aliphatic heterocycles. The molecule has 0 radical (unpaired) electrons. The Labute approximate surface area is 117 Å². The summed E-state index contributed by atoms with van der Waals surface area (Å²) in [5.41, 5.74) is 8.13. The molecular formula is C15H16N2OS. The maximum absolute atomic E-state index is 12.0. The molecule has 0 saturated carbocycles. The van der Waals surface area contributed by atoms with E-state index in [-0.39, 0.29) is 12.3 Å². The average molecular weight is 272 g/mol. The van der Waals surface area contributed by atoms with Gasteiger partial charge in [-0.1, -0.05) is 24.3 Å². The van der Waals surface area contributed by atoms with Gasteiger partial charge in [-0.2, -0.15) is 0 Å². The Kier molecular flexibility index (Phi) is 4.47. The minimum Gasteiger partial charge on any atom is -0.398 e. The molecule has 4 heteroatoms. The van der Waals surface area contributed by atoms with Gasteiger partial charge in [0.2, 0.25) is 5.91 Å². The van der Waals surface area contributed by atoms with Crippen LogP contribution < -0.4 is 11.1 Å². The van der Waals surface area contributed by atoms with Gasteiger partial charge in [0.25, 0.3) is 0 Å². The van der Waals surface area contributed by atoms with E-state index in [1.165, 1.54) is 0 Å². The third-order valence-corrected chi connectivity index (χ3v) is 3.48. The van der Waals surface area contributed by atoms with Crippen molar-refractivity contribution in [3.8, 4) is 0 Å². The second-order valence-electron chi connectivity index (χ2n) is 4.16. The Morgan fingerprint density at radius 3 is 2.74 bits per heavy atom. The summed E-state index contributed by atoms with van der Waals surface area (Å²) in [6.07, 6.45) is 2.29. The third-order valence-electron chi connectivity index (χ3n) is 2.76. The van der Waals surface area contributed by atoms with E-state index in [1.54, 1.807) is 17.8 Å². The molecular weight excluding hydrogens is 256 g/mol. The zero-order chi connectivity index (χ0) is 13.7. The van der Waals surface area contributed by atoms with Crippen molar-refractivity contribution < 1.29 is 4.79 Å². The minimum absolute atomic E-state index is 0.0591. The van der Waals surface area contributed by atoms with E-state index in [2.05, 4.69) is 5.32 Å². The number of nitrogen functional groups attached to an aromatic ring is 1. The molecule has 0 aliphatic carbocycles. The van der Waals surface area contributed by atoms with E-state index >= 15 is 0 Å². The highest BCUT2D eigenvalue weighted by atomic mass is 32.2. The summed E-state index contributed by atoms with van der Waals surface area (Å²) in [7, 11) is 0. The van der Waals surface area contributed by atoms with Gasteiger partial charge in [0, 0.05) is 16.3 Å². The normalized spacial score (nSPS) is 10.2. The molecule has 2 aromatic carbocycles. The smallest absolute Gasteiger partial charge is 0.228 e. The highest BCUT2D eigenvalue weighted by Crippen LogP contribution is 2.19. The van der Waals surface area contributed by atoms with Crippen LogP contribution in [0, 0.1) is 0 Å². The molecule has 98 valence electrons. The van der Waals surface area contributed by atoms with Crippen molar-refractivity contribution in [1.82, 2.24) is 0 Å². The molecule has 0 saturated heterocycles. The molecule has 2 aromatic rings. The minimum atomic E-state index is -0.0591. The first-order valence-electron chi connectivity index (χ1n) is 5.96. The van der Waals surface area contributed by atoms with Gasteiger partial charge in [0.15, 0.2) is 0 Å². The standard InChI is InChI=1S/C15H16N2OS/c1-19-13-7-4-6-12(10-13)17-15(18)9-11-5-2-3-8-14(11)16/h2-8,10H,9,16H2,1H3,(H,17,18). The lowest BCUT2D eigenvalue weighted by atomic mass is 10.1. The summed E-state index contributed by atoms with van der Waals surface area (Å²) < 4.78 is 0. The van der Waals surface area contributed by atoms with Crippen LogP contribution in [0.2, 0.25) is 0 Å². The maximum Gasteiger partial charge on any atom is 0.228 e. The number of carbonyl (C=O) groups is 1. The second-order valence-corrected chi connectivity index (χ2v) is 5.04. The summed E-state index contributed by atoms with van der Waals surface area (Å²) in [5.74, 6) is -0.0591. The number of para-hydroxylation sites is 1. The molecule has 0 spiro atoms. The Hall–Kier alpha value is -1.94. The molecule has 0 bridgehead atoms. The quantitative estimate of drug-likeness (QED) is 0.664. The van der Waals surface area contributed by atoms with Gasteiger partial charge in [-0.3, -0.25) is 4.79 Å². The Morgan fingerprint density at radius 1 is 1.21 bits per heavy atom. The third kappa shape index (κ3) is 3.76. The Balaban J connectivity index is 2.03. The number of anilines is 2. The Morgan fingerprint density at radius 2 is 2.00 bits per heavy atom. The van der Waals surface area contributed by atoms with E-state index in [9.17, 15) is 4.79 Å². The average Bonchev–Trinajstić information content (AvgIpc) is 2.41. The molecule has 0 heterocycles. The van der Waals surface area contributed by atoms with Crippen LogP contribution in [0.25, 0.3) is 0 Å². The van der Waals surface area contributed by atoms with Crippen molar-refractivity contribution in [2.24, 2.45) is 0 Å². The van der Waals surface area contributed by atoms with Crippen molar-refractivity contribution in [2.45, 2.75) is 11.3 Å². The highest BCUT2D eigenvalue weighted by molar-refractivity contribution is 7.98. The fourth-order valence-corrected chi connectivity index (χ4v) is 2.23. The number of thioether (sulfide) groups is 1. The molecule has 0 atom stereocenters. The molecule has 0 aliphatic rings. The number of hydrogen-bond donors (Lipinski definition) is 2. The highest BCUT2D eigenvalue weighted by Gasteiger charge is 2.06. The summed E-state index contributed by atoms with van der Waals surface area (Å²) in [5, 5.41) is 2.88. The van der Waals surface area contributed by atoms with Gasteiger partial charge >= 0.3 is 0 Å². The van der Waals surface area contributed by atoms with Crippen molar-refractivity contribution in [3.05, 3.63) is 54.1 Å². The largest absolute Gasteiger partial charge is 0.398 e. The lowest BCUT2D eigenvalue weighted by molar-refractivity contribution is -0.115. The van der Waals surface area contributed by atoms with E-state index in [0.717, 1.165) is 16.1 Å². The van der Waals surface area contributed by atoms with Gasteiger partial charge in [-0.15, -0.1) is 11.8 Å². The van der Waals surface area contributed by atoms with Crippen LogP contribution >= 0.6 is 11.8 Å². The van der Waals surface area contributed by atoms with Gasteiger partial charge < -0.3 is 11.1 Å². The molecule has 19 heavy (non-hydrogen) atoms. The topological polar surface area (TPSA) is 55.1 Å². The van der Waals surface area contributed by atoms with E-state index < -0.39 is 0 Å². The van der Waals surface area contributed by atoms with E-state index in [0.29, 0.717) is 5.69 Å². The number of carbonyl (C=O) groups excluding carboxylic acids is 1. The van der Waals surface area contributed by atoms with Crippen LogP contribution in [0.5, 0.6) is 0 Å². The summed E-state index contributed by atoms with van der Waals surface area (Å²) in [6, 6.07) is 15.2. The van der Waals surface area contributed by atoms with Crippen molar-refractivity contribution in [3.63, 3.8) is 0 Å². The SMILES string of the molecule is CSc1cccc(NC(=O)Cc2ccccc2N)c1. The van der Waals surface area contributed by atoms with Gasteiger partial charge in [0.1, 0.15) is 0 Å². The van der Waals surface area contributed by atoms with E-state index in [1.807, 2.05) is 48.7 Å². The zero-order valence-corrected chi connectivity index (χ0v) is 11.5. The first-order valence-corrected chi connectivity index (χ1v) is 7.19. The van der Waals surface area contributed by atoms with Crippen molar-refractivity contribution in [1.29, 1.82) is 0 Å². The lowest BCUT2D eigenvalue weighted by Gasteiger charge is -2.08. The van der Waals surface area contributed by atoms with Crippen LogP contribution in [-0.4, -0.2) is 12.2 Å². The van der Waals surface area contributed by atoms with Gasteiger partial charge in [0.05, 0.1) is 6.42 Å². The summed E-state index contributed by atoms with van der Waals surface area (Å²) >= 11 is 1.65. The molecule has 3 nitrogen and oxygen atoms in total. The lowest BCUT2D eigenvalue weighted by Crippen LogP contribution is -2.15. The molecule has 3 N–H and O–H groups in total. The first kappa shape index (κ1) is 13.5. The number of benzene rings is 2. The first-order chi connectivity index (χ1) is 9.19. The van der Waals surface area contributed by atoms with Gasteiger partial charge in [-0.25, -0.2) is 0 Å². The maximum atomic E-state index is 12.0. The summed E-state index contributed by atoms with van der Waals surface area (Å²) in [6.45, 7) is 0. The summed E-state index contributed by atoms with van der Waals surface area (Å²) in [4.78, 5) is 13.1. The predicted octanol–water partition coefficient (Wildman–Crippen LogP) is 3.17. The molecule has 1 amide bonds. The van der Waals surface area contributed by atoms with Crippen LogP contribution in [-0.2, 0) is 11.2 Å². The van der Waals surface area contributed by atoms with Crippen LogP contribution in [0.4, 0.5) is 11.4 Å². The number of hydrogen-bond acceptors (Lipinski definition) is 3. The zero-order valence-electron chi connectivity index (χ0n) is 10.7. The number of nitrogens with two attached hydrogens (primary N) is 1. The molecule has 0 unspecified atom stereocenters. The number of nitrogens with one attached hydrogen (secondary N) is 1. The van der Waals surface area contributed by atoms with Crippen molar-refractivity contribution in [2.75, 3.05) is 17.3 Å². The molecule has 2 rings (SSSR count). The predicted molar refractivity (Wildman–Crippen MR) is 81.4 cm³/mol. The van der Waals surface area contributed by atoms with Crippen LogP contribution in [0.1, 0.15) is 5.56 Å². The fraction of sp³-hybridized carbons (Fsp3) is 0.133. The van der Waals surface area contributed by atoms with E-state index in [4.69, 9.17) is 5.73 Å². The number of rotatable bonds is 4. The van der Waals surface area contributed by atoms with Crippen LogP contribution in [0.15, 0.2) is 53.4 Å². The van der Waals surface area contributed by atoms with Crippen molar-refractivity contribution >= 4 is 29.0 Å². The second kappa shape index (κ2) is 6.29. The van der Waals surface area contributed by atoms with Crippen LogP contribution in [0.3, 0.4) is 0 Å². The fourth-order valence-electron chi connectivity index (χ4n) is 1.77. The number of amides is 1. The Bertz CT molecular complexity index is 584.